The van der Waals surface area contributed by atoms with Crippen LogP contribution in [0, 0.1) is 0 Å². The van der Waals surface area contributed by atoms with Crippen molar-refractivity contribution in [1.82, 2.24) is 20.1 Å². The Hall–Kier alpha value is -3.87. The van der Waals surface area contributed by atoms with Gasteiger partial charge < -0.3 is 14.8 Å². The van der Waals surface area contributed by atoms with E-state index in [9.17, 15) is 4.79 Å². The first kappa shape index (κ1) is 18.2. The number of hydrogen-bond acceptors (Lipinski definition) is 5. The first-order chi connectivity index (χ1) is 14.7. The zero-order valence-corrected chi connectivity index (χ0v) is 16.4. The average molecular weight is 400 g/mol. The Bertz CT molecular complexity index is 1220. The molecule has 1 amide bonds. The molecule has 0 fully saturated rings. The molecule has 1 unspecified atom stereocenters. The van der Waals surface area contributed by atoms with Crippen molar-refractivity contribution < 1.29 is 14.3 Å². The van der Waals surface area contributed by atoms with Crippen LogP contribution in [0.25, 0.3) is 11.0 Å². The van der Waals surface area contributed by atoms with Gasteiger partial charge in [0.25, 0.3) is 5.91 Å². The van der Waals surface area contributed by atoms with Gasteiger partial charge in [-0.2, -0.15) is 5.10 Å². The summed E-state index contributed by atoms with van der Waals surface area (Å²) in [6.07, 6.45) is 2.35. The number of fused-ring (bicyclic) bond motifs is 2. The van der Waals surface area contributed by atoms with Crippen LogP contribution in [0.1, 0.15) is 27.7 Å². The highest BCUT2D eigenvalue weighted by Crippen LogP contribution is 2.33. The predicted molar refractivity (Wildman–Crippen MR) is 111 cm³/mol. The fraction of sp³-hybridized carbons (Fsp3) is 0.174. The van der Waals surface area contributed by atoms with Gasteiger partial charge in [-0.1, -0.05) is 30.3 Å². The second kappa shape index (κ2) is 7.51. The smallest absolute Gasteiger partial charge is 0.251 e. The molecule has 30 heavy (non-hydrogen) atoms. The molecule has 7 nitrogen and oxygen atoms in total. The maximum Gasteiger partial charge on any atom is 0.251 e. The van der Waals surface area contributed by atoms with Crippen LogP contribution >= 0.6 is 0 Å². The van der Waals surface area contributed by atoms with Gasteiger partial charge in [-0.05, 0) is 42.3 Å². The summed E-state index contributed by atoms with van der Waals surface area (Å²) in [4.78, 5) is 17.5. The largest absolute Gasteiger partial charge is 0.454 e. The highest BCUT2D eigenvalue weighted by atomic mass is 16.7. The van der Waals surface area contributed by atoms with E-state index in [2.05, 4.69) is 15.4 Å². The van der Waals surface area contributed by atoms with E-state index in [4.69, 9.17) is 9.47 Å². The number of aromatic nitrogens is 3. The summed E-state index contributed by atoms with van der Waals surface area (Å²) < 4.78 is 12.5. The van der Waals surface area contributed by atoms with Gasteiger partial charge in [0.15, 0.2) is 17.1 Å². The van der Waals surface area contributed by atoms with E-state index >= 15 is 0 Å². The fourth-order valence-corrected chi connectivity index (χ4v) is 3.72. The summed E-state index contributed by atoms with van der Waals surface area (Å²) in [5, 5.41) is 8.76. The van der Waals surface area contributed by atoms with Crippen LogP contribution in [0.5, 0.6) is 11.5 Å². The molecule has 4 aromatic rings. The van der Waals surface area contributed by atoms with Crippen LogP contribution in [-0.2, 0) is 13.5 Å². The van der Waals surface area contributed by atoms with Crippen molar-refractivity contribution in [1.29, 1.82) is 0 Å². The van der Waals surface area contributed by atoms with Crippen molar-refractivity contribution in [3.63, 3.8) is 0 Å². The number of carbonyl (C=O) groups excluding carboxylic acids is 1. The molecule has 0 saturated carbocycles. The Labute approximate surface area is 173 Å². The number of amides is 1. The summed E-state index contributed by atoms with van der Waals surface area (Å²) in [5.41, 5.74) is 3.19. The normalized spacial score (nSPS) is 13.4. The van der Waals surface area contributed by atoms with E-state index in [0.29, 0.717) is 23.5 Å². The molecule has 1 aliphatic rings. The molecular formula is C23H20N4O3. The van der Waals surface area contributed by atoms with E-state index in [1.54, 1.807) is 29.1 Å². The van der Waals surface area contributed by atoms with Gasteiger partial charge in [0.2, 0.25) is 6.79 Å². The van der Waals surface area contributed by atoms with Crippen LogP contribution in [0.2, 0.25) is 0 Å². The van der Waals surface area contributed by atoms with Crippen molar-refractivity contribution in [2.75, 3.05) is 6.79 Å². The third-order valence-electron chi connectivity index (χ3n) is 5.18. The quantitative estimate of drug-likeness (QED) is 0.555. The van der Waals surface area contributed by atoms with Gasteiger partial charge in [-0.15, -0.1) is 0 Å². The predicted octanol–water partition coefficient (Wildman–Crippen LogP) is 3.41. The second-order valence-corrected chi connectivity index (χ2v) is 7.17. The minimum absolute atomic E-state index is 0.171. The average Bonchev–Trinajstić information content (AvgIpc) is 3.38. The fourth-order valence-electron chi connectivity index (χ4n) is 3.72. The topological polar surface area (TPSA) is 78.3 Å². The van der Waals surface area contributed by atoms with E-state index in [1.165, 1.54) is 0 Å². The minimum Gasteiger partial charge on any atom is -0.454 e. The monoisotopic (exact) mass is 400 g/mol. The Balaban J connectivity index is 1.50. The summed E-state index contributed by atoms with van der Waals surface area (Å²) in [5.74, 6) is 1.03. The number of nitrogens with zero attached hydrogens (tertiary/aromatic N) is 3. The van der Waals surface area contributed by atoms with Crippen LogP contribution in [0.15, 0.2) is 66.9 Å². The van der Waals surface area contributed by atoms with Crippen molar-refractivity contribution in [3.8, 4) is 11.5 Å². The maximum atomic E-state index is 13.1. The summed E-state index contributed by atoms with van der Waals surface area (Å²) in [7, 11) is 1.86. The lowest BCUT2D eigenvalue weighted by atomic mass is 10.0. The lowest BCUT2D eigenvalue weighted by Gasteiger charge is -2.18. The van der Waals surface area contributed by atoms with E-state index < -0.39 is 0 Å². The van der Waals surface area contributed by atoms with Crippen molar-refractivity contribution in [2.45, 2.75) is 12.5 Å². The highest BCUT2D eigenvalue weighted by molar-refractivity contribution is 5.95. The van der Waals surface area contributed by atoms with Crippen LogP contribution < -0.4 is 14.8 Å². The lowest BCUT2D eigenvalue weighted by Crippen LogP contribution is -2.30. The van der Waals surface area contributed by atoms with Crippen molar-refractivity contribution in [2.24, 2.45) is 7.05 Å². The lowest BCUT2D eigenvalue weighted by molar-refractivity contribution is 0.0935. The molecule has 0 spiro atoms. The molecule has 1 N–H and O–H groups in total. The van der Waals surface area contributed by atoms with Crippen molar-refractivity contribution in [3.05, 3.63) is 83.7 Å². The van der Waals surface area contributed by atoms with Crippen LogP contribution in [0.3, 0.4) is 0 Å². The van der Waals surface area contributed by atoms with Gasteiger partial charge in [0.1, 0.15) is 0 Å². The number of rotatable bonds is 5. The Morgan fingerprint density at radius 3 is 2.80 bits per heavy atom. The summed E-state index contributed by atoms with van der Waals surface area (Å²) in [6.45, 7) is 0.171. The zero-order chi connectivity index (χ0) is 20.5. The number of hydrogen-bond donors (Lipinski definition) is 1. The molecule has 1 aliphatic heterocycles. The highest BCUT2D eigenvalue weighted by Gasteiger charge is 2.24. The Morgan fingerprint density at radius 2 is 1.93 bits per heavy atom. The summed E-state index contributed by atoms with van der Waals surface area (Å²) >= 11 is 0. The second-order valence-electron chi connectivity index (χ2n) is 7.17. The molecule has 0 aliphatic carbocycles. The molecule has 0 saturated heterocycles. The first-order valence-electron chi connectivity index (χ1n) is 9.71. The van der Waals surface area contributed by atoms with Crippen LogP contribution in [0.4, 0.5) is 0 Å². The molecule has 7 heteroatoms. The first-order valence-corrected chi connectivity index (χ1v) is 9.71. The van der Waals surface area contributed by atoms with Gasteiger partial charge >= 0.3 is 0 Å². The maximum absolute atomic E-state index is 13.1. The number of benzene rings is 2. The van der Waals surface area contributed by atoms with Gasteiger partial charge in [-0.25, -0.2) is 4.98 Å². The number of aryl methyl sites for hydroxylation is 1. The van der Waals surface area contributed by atoms with Crippen LogP contribution in [-0.4, -0.2) is 27.5 Å². The molecular weight excluding hydrogens is 380 g/mol. The number of pyridine rings is 1. The zero-order valence-electron chi connectivity index (χ0n) is 16.4. The molecule has 0 bridgehead atoms. The number of ether oxygens (including phenoxy) is 2. The number of nitrogens with one attached hydrogen (secondary N) is 1. The SMILES string of the molecule is Cn1nc(C(Cc2ccccc2)NC(=O)c2ccc3c(c2)OCO3)c2cccnc21. The Kier molecular flexibility index (Phi) is 4.55. The van der Waals surface area contributed by atoms with Crippen molar-refractivity contribution >= 4 is 16.9 Å². The molecule has 5 rings (SSSR count). The molecule has 0 radical (unpaired) electrons. The van der Waals surface area contributed by atoms with Gasteiger partial charge in [0, 0.05) is 24.2 Å². The Morgan fingerprint density at radius 1 is 1.10 bits per heavy atom. The molecule has 3 heterocycles. The minimum atomic E-state index is -0.321. The van der Waals surface area contributed by atoms with E-state index in [-0.39, 0.29) is 18.7 Å². The third-order valence-corrected chi connectivity index (χ3v) is 5.18. The molecule has 1 atom stereocenters. The summed E-state index contributed by atoms with van der Waals surface area (Å²) in [6, 6.07) is 18.8. The molecule has 2 aromatic heterocycles. The standard InChI is InChI=1S/C23H20N4O3/c1-27-22-17(8-5-11-24-22)21(26-27)18(12-15-6-3-2-4-7-15)25-23(28)16-9-10-19-20(13-16)30-14-29-19/h2-11,13,18H,12,14H2,1H3,(H,25,28). The third kappa shape index (κ3) is 3.34. The molecule has 150 valence electrons. The van der Waals surface area contributed by atoms with Gasteiger partial charge in [0.05, 0.1) is 11.7 Å². The number of carbonyl (C=O) groups is 1. The molecule has 2 aromatic carbocycles. The van der Waals surface area contributed by atoms with Gasteiger partial charge in [-0.3, -0.25) is 9.48 Å². The van der Waals surface area contributed by atoms with E-state index in [1.807, 2.05) is 49.5 Å². The van der Waals surface area contributed by atoms with E-state index in [0.717, 1.165) is 22.3 Å².